The van der Waals surface area contributed by atoms with E-state index in [0.717, 1.165) is 6.61 Å². The van der Waals surface area contributed by atoms with Crippen LogP contribution < -0.4 is 5.48 Å². The largest absolute Gasteiger partial charge is 0.272 e. The Morgan fingerprint density at radius 3 is 3.00 bits per heavy atom. The normalized spacial score (nSPS) is 25.8. The van der Waals surface area contributed by atoms with Gasteiger partial charge in [0.15, 0.2) is 0 Å². The standard InChI is InChI=1S/C7H11NO/c1-2-4-7-6(3-1)5-9-8-7/h8H,1-5H2. The molecule has 0 saturated heterocycles. The second kappa shape index (κ2) is 2.03. The summed E-state index contributed by atoms with van der Waals surface area (Å²) in [6, 6.07) is 0. The smallest absolute Gasteiger partial charge is 0.0977 e. The third-order valence-corrected chi connectivity index (χ3v) is 2.02. The SMILES string of the molecule is C1CCC2=C(C1)CON2. The summed E-state index contributed by atoms with van der Waals surface area (Å²) >= 11 is 0. The van der Waals surface area contributed by atoms with Gasteiger partial charge < -0.3 is 0 Å². The van der Waals surface area contributed by atoms with Gasteiger partial charge in [-0.25, -0.2) is 0 Å². The first-order chi connectivity index (χ1) is 4.47. The molecule has 0 amide bonds. The van der Waals surface area contributed by atoms with Crippen molar-refractivity contribution in [1.29, 1.82) is 0 Å². The van der Waals surface area contributed by atoms with Gasteiger partial charge in [-0.05, 0) is 31.3 Å². The highest BCUT2D eigenvalue weighted by molar-refractivity contribution is 5.17. The van der Waals surface area contributed by atoms with Crippen LogP contribution in [0, 0.1) is 0 Å². The van der Waals surface area contributed by atoms with Crippen molar-refractivity contribution in [2.45, 2.75) is 25.7 Å². The molecular formula is C7H11NO. The molecule has 0 aromatic carbocycles. The molecular weight excluding hydrogens is 114 g/mol. The first-order valence-corrected chi connectivity index (χ1v) is 3.55. The van der Waals surface area contributed by atoms with Gasteiger partial charge in [-0.2, -0.15) is 0 Å². The van der Waals surface area contributed by atoms with Crippen LogP contribution in [0.4, 0.5) is 0 Å². The summed E-state index contributed by atoms with van der Waals surface area (Å²) in [5.41, 5.74) is 5.80. The number of allylic oxidation sites excluding steroid dienone is 1. The van der Waals surface area contributed by atoms with Gasteiger partial charge >= 0.3 is 0 Å². The Labute approximate surface area is 54.8 Å². The van der Waals surface area contributed by atoms with E-state index in [2.05, 4.69) is 5.48 Å². The summed E-state index contributed by atoms with van der Waals surface area (Å²) in [5, 5.41) is 0. The molecule has 0 atom stereocenters. The van der Waals surface area contributed by atoms with Crippen molar-refractivity contribution in [3.63, 3.8) is 0 Å². The van der Waals surface area contributed by atoms with Crippen LogP contribution >= 0.6 is 0 Å². The van der Waals surface area contributed by atoms with Crippen molar-refractivity contribution in [2.75, 3.05) is 6.61 Å². The fourth-order valence-electron chi connectivity index (χ4n) is 1.46. The predicted molar refractivity (Wildman–Crippen MR) is 34.6 cm³/mol. The molecule has 0 fully saturated rings. The lowest BCUT2D eigenvalue weighted by atomic mass is 9.98. The first kappa shape index (κ1) is 5.30. The van der Waals surface area contributed by atoms with E-state index >= 15 is 0 Å². The van der Waals surface area contributed by atoms with E-state index in [9.17, 15) is 0 Å². The maximum atomic E-state index is 5.07. The Kier molecular flexibility index (Phi) is 1.19. The van der Waals surface area contributed by atoms with E-state index in [4.69, 9.17) is 4.84 Å². The number of hydrogen-bond donors (Lipinski definition) is 1. The quantitative estimate of drug-likeness (QED) is 0.527. The second-order valence-corrected chi connectivity index (χ2v) is 2.68. The summed E-state index contributed by atoms with van der Waals surface area (Å²) in [6.07, 6.45) is 5.14. The molecule has 0 spiro atoms. The zero-order valence-corrected chi connectivity index (χ0v) is 5.44. The maximum Gasteiger partial charge on any atom is 0.0977 e. The van der Waals surface area contributed by atoms with Crippen LogP contribution in [0.3, 0.4) is 0 Å². The molecule has 0 bridgehead atoms. The second-order valence-electron chi connectivity index (χ2n) is 2.68. The van der Waals surface area contributed by atoms with Crippen LogP contribution in [0.15, 0.2) is 11.3 Å². The van der Waals surface area contributed by atoms with Crippen LogP contribution in [0.5, 0.6) is 0 Å². The van der Waals surface area contributed by atoms with Crippen LogP contribution in [0.25, 0.3) is 0 Å². The van der Waals surface area contributed by atoms with Gasteiger partial charge in [0.05, 0.1) is 6.61 Å². The average molecular weight is 125 g/mol. The third kappa shape index (κ3) is 0.833. The molecule has 0 unspecified atom stereocenters. The minimum absolute atomic E-state index is 0.829. The molecule has 50 valence electrons. The van der Waals surface area contributed by atoms with Gasteiger partial charge in [0.1, 0.15) is 0 Å². The highest BCUT2D eigenvalue weighted by Crippen LogP contribution is 2.25. The number of rotatable bonds is 0. The van der Waals surface area contributed by atoms with E-state index in [-0.39, 0.29) is 0 Å². The van der Waals surface area contributed by atoms with Crippen LogP contribution in [0.2, 0.25) is 0 Å². The predicted octanol–water partition coefficient (Wildman–Crippen LogP) is 1.35. The highest BCUT2D eigenvalue weighted by atomic mass is 16.6. The molecule has 1 aliphatic carbocycles. The third-order valence-electron chi connectivity index (χ3n) is 2.02. The maximum absolute atomic E-state index is 5.07. The zero-order valence-electron chi connectivity index (χ0n) is 5.44. The lowest BCUT2D eigenvalue weighted by Crippen LogP contribution is -2.06. The van der Waals surface area contributed by atoms with Crippen molar-refractivity contribution < 1.29 is 4.84 Å². The Morgan fingerprint density at radius 2 is 2.11 bits per heavy atom. The monoisotopic (exact) mass is 125 g/mol. The molecule has 2 nitrogen and oxygen atoms in total. The van der Waals surface area contributed by atoms with Crippen LogP contribution in [0.1, 0.15) is 25.7 Å². The van der Waals surface area contributed by atoms with E-state index in [0.29, 0.717) is 0 Å². The summed E-state index contributed by atoms with van der Waals surface area (Å²) in [6.45, 7) is 0.829. The fraction of sp³-hybridized carbons (Fsp3) is 0.714. The minimum Gasteiger partial charge on any atom is -0.272 e. The molecule has 0 radical (unpaired) electrons. The summed E-state index contributed by atoms with van der Waals surface area (Å²) in [5.74, 6) is 0. The molecule has 2 rings (SSSR count). The minimum atomic E-state index is 0.829. The van der Waals surface area contributed by atoms with E-state index in [1.54, 1.807) is 0 Å². The summed E-state index contributed by atoms with van der Waals surface area (Å²) in [4.78, 5) is 5.07. The van der Waals surface area contributed by atoms with Crippen molar-refractivity contribution in [1.82, 2.24) is 5.48 Å². The van der Waals surface area contributed by atoms with Gasteiger partial charge in [-0.15, -0.1) is 0 Å². The summed E-state index contributed by atoms with van der Waals surface area (Å²) < 4.78 is 0. The Bertz CT molecular complexity index is 135. The van der Waals surface area contributed by atoms with Crippen molar-refractivity contribution in [3.8, 4) is 0 Å². The van der Waals surface area contributed by atoms with Crippen molar-refractivity contribution in [2.24, 2.45) is 0 Å². The Morgan fingerprint density at radius 1 is 1.22 bits per heavy atom. The molecule has 2 heteroatoms. The van der Waals surface area contributed by atoms with Crippen molar-refractivity contribution >= 4 is 0 Å². The lowest BCUT2D eigenvalue weighted by molar-refractivity contribution is 0.105. The van der Waals surface area contributed by atoms with Gasteiger partial charge in [-0.3, -0.25) is 10.3 Å². The first-order valence-electron chi connectivity index (χ1n) is 3.55. The highest BCUT2D eigenvalue weighted by Gasteiger charge is 2.17. The van der Waals surface area contributed by atoms with E-state index in [1.807, 2.05) is 0 Å². The van der Waals surface area contributed by atoms with Gasteiger partial charge in [0.25, 0.3) is 0 Å². The number of hydrogen-bond acceptors (Lipinski definition) is 2. The summed E-state index contributed by atoms with van der Waals surface area (Å²) in [7, 11) is 0. The number of hydroxylamine groups is 1. The molecule has 2 aliphatic rings. The average Bonchev–Trinajstić information content (AvgIpc) is 2.33. The van der Waals surface area contributed by atoms with Crippen molar-refractivity contribution in [3.05, 3.63) is 11.3 Å². The molecule has 9 heavy (non-hydrogen) atoms. The van der Waals surface area contributed by atoms with E-state index in [1.165, 1.54) is 37.0 Å². The van der Waals surface area contributed by atoms with Gasteiger partial charge in [0, 0.05) is 5.70 Å². The molecule has 0 aromatic rings. The molecule has 1 heterocycles. The van der Waals surface area contributed by atoms with Crippen LogP contribution in [-0.4, -0.2) is 6.61 Å². The lowest BCUT2D eigenvalue weighted by Gasteiger charge is -2.10. The van der Waals surface area contributed by atoms with Gasteiger partial charge in [0.2, 0.25) is 0 Å². The van der Waals surface area contributed by atoms with Gasteiger partial charge in [-0.1, -0.05) is 0 Å². The molecule has 1 aliphatic heterocycles. The molecule has 1 N–H and O–H groups in total. The van der Waals surface area contributed by atoms with E-state index < -0.39 is 0 Å². The number of nitrogens with one attached hydrogen (secondary N) is 1. The zero-order chi connectivity index (χ0) is 6.10. The molecule has 0 saturated carbocycles. The molecule has 0 aromatic heterocycles. The fourth-order valence-corrected chi connectivity index (χ4v) is 1.46. The topological polar surface area (TPSA) is 21.3 Å². The Hall–Kier alpha value is -0.500. The van der Waals surface area contributed by atoms with Crippen LogP contribution in [-0.2, 0) is 4.84 Å². The Balaban J connectivity index is 2.17.